The Bertz CT molecular complexity index is 263. The van der Waals surface area contributed by atoms with E-state index in [2.05, 4.69) is 16.4 Å². The van der Waals surface area contributed by atoms with Crippen LogP contribution in [0.4, 0.5) is 0 Å². The van der Waals surface area contributed by atoms with Gasteiger partial charge in [-0.2, -0.15) is 5.26 Å². The topological polar surface area (TPSA) is 48.7 Å². The predicted octanol–water partition coefficient (Wildman–Crippen LogP) is 0.736. The zero-order chi connectivity index (χ0) is 8.81. The van der Waals surface area contributed by atoms with Crippen molar-refractivity contribution in [1.82, 2.24) is 10.3 Å². The standard InChI is InChI=1S/C9H11N3/c1-11-9(6-10)5-8-3-2-4-12-7-8/h2-4,7,9,11H,5H2,1H3. The highest BCUT2D eigenvalue weighted by Gasteiger charge is 2.03. The van der Waals surface area contributed by atoms with Gasteiger partial charge in [0.15, 0.2) is 0 Å². The first-order valence-electron chi connectivity index (χ1n) is 3.82. The van der Waals surface area contributed by atoms with Gasteiger partial charge in [0, 0.05) is 18.8 Å². The Labute approximate surface area is 72.1 Å². The lowest BCUT2D eigenvalue weighted by molar-refractivity contribution is 0.674. The van der Waals surface area contributed by atoms with Gasteiger partial charge in [-0.15, -0.1) is 0 Å². The second-order valence-corrected chi connectivity index (χ2v) is 2.54. The van der Waals surface area contributed by atoms with Crippen molar-refractivity contribution in [3.63, 3.8) is 0 Å². The summed E-state index contributed by atoms with van der Waals surface area (Å²) in [6.07, 6.45) is 4.22. The second-order valence-electron chi connectivity index (χ2n) is 2.54. The minimum absolute atomic E-state index is 0.116. The van der Waals surface area contributed by atoms with Gasteiger partial charge in [-0.25, -0.2) is 0 Å². The third-order valence-electron chi connectivity index (χ3n) is 1.67. The number of nitrogens with zero attached hydrogens (tertiary/aromatic N) is 2. The van der Waals surface area contributed by atoms with Crippen LogP contribution in [0.5, 0.6) is 0 Å². The molecule has 3 heteroatoms. The molecule has 0 aliphatic rings. The minimum Gasteiger partial charge on any atom is -0.305 e. The van der Waals surface area contributed by atoms with Crippen molar-refractivity contribution in [3.8, 4) is 6.07 Å². The van der Waals surface area contributed by atoms with Gasteiger partial charge in [0.05, 0.1) is 12.1 Å². The molecule has 0 fully saturated rings. The van der Waals surface area contributed by atoms with Crippen molar-refractivity contribution >= 4 is 0 Å². The molecule has 0 saturated carbocycles. The van der Waals surface area contributed by atoms with E-state index in [1.165, 1.54) is 0 Å². The highest BCUT2D eigenvalue weighted by Crippen LogP contribution is 1.99. The fraction of sp³-hybridized carbons (Fsp3) is 0.333. The van der Waals surface area contributed by atoms with E-state index in [4.69, 9.17) is 5.26 Å². The second kappa shape index (κ2) is 4.47. The van der Waals surface area contributed by atoms with Crippen molar-refractivity contribution in [2.45, 2.75) is 12.5 Å². The molecule has 0 saturated heterocycles. The molecule has 62 valence electrons. The van der Waals surface area contributed by atoms with Crippen molar-refractivity contribution < 1.29 is 0 Å². The summed E-state index contributed by atoms with van der Waals surface area (Å²) >= 11 is 0. The first kappa shape index (κ1) is 8.69. The Hall–Kier alpha value is -1.40. The van der Waals surface area contributed by atoms with E-state index in [0.29, 0.717) is 6.42 Å². The molecule has 1 N–H and O–H groups in total. The lowest BCUT2D eigenvalue weighted by Crippen LogP contribution is -2.25. The normalized spacial score (nSPS) is 12.0. The first-order chi connectivity index (χ1) is 5.86. The van der Waals surface area contributed by atoms with Crippen LogP contribution < -0.4 is 5.32 Å². The fourth-order valence-corrected chi connectivity index (χ4v) is 0.967. The maximum atomic E-state index is 8.65. The van der Waals surface area contributed by atoms with Crippen LogP contribution in [0.25, 0.3) is 0 Å². The summed E-state index contributed by atoms with van der Waals surface area (Å²) < 4.78 is 0. The minimum atomic E-state index is -0.116. The molecule has 0 aromatic carbocycles. The number of nitriles is 1. The molecule has 1 rings (SSSR count). The van der Waals surface area contributed by atoms with Gasteiger partial charge >= 0.3 is 0 Å². The number of rotatable bonds is 3. The van der Waals surface area contributed by atoms with Crippen LogP contribution in [0.1, 0.15) is 5.56 Å². The Morgan fingerprint density at radius 2 is 2.58 bits per heavy atom. The number of hydrogen-bond donors (Lipinski definition) is 1. The molecule has 12 heavy (non-hydrogen) atoms. The van der Waals surface area contributed by atoms with Gasteiger partial charge in [0.2, 0.25) is 0 Å². The summed E-state index contributed by atoms with van der Waals surface area (Å²) in [5.74, 6) is 0. The van der Waals surface area contributed by atoms with Crippen LogP contribution in [-0.4, -0.2) is 18.1 Å². The predicted molar refractivity (Wildman–Crippen MR) is 46.4 cm³/mol. The molecule has 0 bridgehead atoms. The number of likely N-dealkylation sites (N-methyl/N-ethyl adjacent to an activating group) is 1. The fourth-order valence-electron chi connectivity index (χ4n) is 0.967. The zero-order valence-electron chi connectivity index (χ0n) is 6.99. The molecule has 1 unspecified atom stereocenters. The third kappa shape index (κ3) is 2.33. The number of hydrogen-bond acceptors (Lipinski definition) is 3. The van der Waals surface area contributed by atoms with E-state index < -0.39 is 0 Å². The number of aromatic nitrogens is 1. The summed E-state index contributed by atoms with van der Waals surface area (Å²) in [5, 5.41) is 11.6. The molecule has 1 atom stereocenters. The van der Waals surface area contributed by atoms with Crippen LogP contribution >= 0.6 is 0 Å². The lowest BCUT2D eigenvalue weighted by atomic mass is 10.1. The van der Waals surface area contributed by atoms with E-state index in [0.717, 1.165) is 5.56 Å². The van der Waals surface area contributed by atoms with Crippen LogP contribution in [-0.2, 0) is 6.42 Å². The molecular formula is C9H11N3. The molecule has 1 aromatic heterocycles. The Morgan fingerprint density at radius 3 is 3.08 bits per heavy atom. The van der Waals surface area contributed by atoms with E-state index in [9.17, 15) is 0 Å². The zero-order valence-corrected chi connectivity index (χ0v) is 6.99. The molecular weight excluding hydrogens is 150 g/mol. The van der Waals surface area contributed by atoms with Crippen molar-refractivity contribution in [3.05, 3.63) is 30.1 Å². The smallest absolute Gasteiger partial charge is 0.0991 e. The molecule has 0 spiro atoms. The number of pyridine rings is 1. The largest absolute Gasteiger partial charge is 0.305 e. The average molecular weight is 161 g/mol. The Kier molecular flexibility index (Phi) is 3.24. The van der Waals surface area contributed by atoms with Crippen LogP contribution in [0, 0.1) is 11.3 Å². The Morgan fingerprint density at radius 1 is 1.75 bits per heavy atom. The molecule has 3 nitrogen and oxygen atoms in total. The summed E-state index contributed by atoms with van der Waals surface area (Å²) in [7, 11) is 1.78. The first-order valence-corrected chi connectivity index (χ1v) is 3.82. The summed E-state index contributed by atoms with van der Waals surface area (Å²) in [6.45, 7) is 0. The van der Waals surface area contributed by atoms with Gasteiger partial charge in [-0.1, -0.05) is 6.07 Å². The monoisotopic (exact) mass is 161 g/mol. The maximum absolute atomic E-state index is 8.65. The summed E-state index contributed by atoms with van der Waals surface area (Å²) in [6, 6.07) is 5.89. The van der Waals surface area contributed by atoms with Crippen molar-refractivity contribution in [2.75, 3.05) is 7.05 Å². The molecule has 0 aliphatic carbocycles. The van der Waals surface area contributed by atoms with E-state index in [-0.39, 0.29) is 6.04 Å². The van der Waals surface area contributed by atoms with Crippen LogP contribution in [0.3, 0.4) is 0 Å². The summed E-state index contributed by atoms with van der Waals surface area (Å²) in [4.78, 5) is 3.97. The Balaban J connectivity index is 2.58. The highest BCUT2D eigenvalue weighted by atomic mass is 14.9. The molecule has 0 amide bonds. The van der Waals surface area contributed by atoms with Crippen molar-refractivity contribution in [1.29, 1.82) is 5.26 Å². The quantitative estimate of drug-likeness (QED) is 0.711. The molecule has 1 aromatic rings. The molecule has 1 heterocycles. The average Bonchev–Trinajstić information content (AvgIpc) is 2.16. The van der Waals surface area contributed by atoms with Crippen molar-refractivity contribution in [2.24, 2.45) is 0 Å². The van der Waals surface area contributed by atoms with Gasteiger partial charge in [0.25, 0.3) is 0 Å². The van der Waals surface area contributed by atoms with Gasteiger partial charge < -0.3 is 5.32 Å². The SMILES string of the molecule is CNC(C#N)Cc1cccnc1. The third-order valence-corrected chi connectivity index (χ3v) is 1.67. The van der Waals surface area contributed by atoms with Gasteiger partial charge in [-0.3, -0.25) is 4.98 Å². The van der Waals surface area contributed by atoms with Crippen LogP contribution in [0.2, 0.25) is 0 Å². The highest BCUT2D eigenvalue weighted by molar-refractivity contribution is 5.12. The van der Waals surface area contributed by atoms with Crippen LogP contribution in [0.15, 0.2) is 24.5 Å². The lowest BCUT2D eigenvalue weighted by Gasteiger charge is -2.05. The molecule has 0 radical (unpaired) electrons. The number of nitrogens with one attached hydrogen (secondary N) is 1. The van der Waals surface area contributed by atoms with E-state index >= 15 is 0 Å². The van der Waals surface area contributed by atoms with E-state index in [1.807, 2.05) is 12.1 Å². The van der Waals surface area contributed by atoms with Gasteiger partial charge in [0.1, 0.15) is 0 Å². The summed E-state index contributed by atoms with van der Waals surface area (Å²) in [5.41, 5.74) is 1.08. The maximum Gasteiger partial charge on any atom is 0.0991 e. The van der Waals surface area contributed by atoms with E-state index in [1.54, 1.807) is 19.4 Å². The van der Waals surface area contributed by atoms with Gasteiger partial charge in [-0.05, 0) is 18.7 Å². The molecule has 0 aliphatic heterocycles.